The molecule has 0 aromatic carbocycles. The summed E-state index contributed by atoms with van der Waals surface area (Å²) in [5.74, 6) is 2.49. The molecule has 0 spiro atoms. The van der Waals surface area contributed by atoms with E-state index in [-0.39, 0.29) is 16.1 Å². The van der Waals surface area contributed by atoms with Crippen LogP contribution in [0.15, 0.2) is 29.4 Å². The minimum absolute atomic E-state index is 0.0453. The zero-order valence-electron chi connectivity index (χ0n) is 15.6. The van der Waals surface area contributed by atoms with Gasteiger partial charge in [0.1, 0.15) is 5.78 Å². The first-order valence-corrected chi connectivity index (χ1v) is 11.2. The summed E-state index contributed by atoms with van der Waals surface area (Å²) < 4.78 is 12.4. The van der Waals surface area contributed by atoms with Crippen molar-refractivity contribution in [2.24, 2.45) is 28.6 Å². The second-order valence-corrected chi connectivity index (χ2v) is 10.8. The molecule has 3 saturated carbocycles. The minimum atomic E-state index is -0.950. The van der Waals surface area contributed by atoms with E-state index in [1.807, 2.05) is 0 Å². The Bertz CT molecular complexity index is 701. The molecule has 7 atom stereocenters. The second-order valence-electron chi connectivity index (χ2n) is 9.19. The molecule has 0 amide bonds. The third-order valence-electron chi connectivity index (χ3n) is 8.30. The molecule has 0 aliphatic heterocycles. The van der Waals surface area contributed by atoms with Crippen LogP contribution >= 0.6 is 0 Å². The van der Waals surface area contributed by atoms with Crippen molar-refractivity contribution in [3.05, 3.63) is 29.4 Å². The average Bonchev–Trinajstić information content (AvgIpc) is 2.89. The molecule has 3 heteroatoms. The SMILES string of the molecule is C=C=CS(=O)[C@H]1CC[C@@]2(C)C(=CCC3C2CC[C@]2(C)C(=O)CCC32)C1. The van der Waals surface area contributed by atoms with Gasteiger partial charge >= 0.3 is 0 Å². The summed E-state index contributed by atoms with van der Waals surface area (Å²) in [7, 11) is -0.950. The highest BCUT2D eigenvalue weighted by Crippen LogP contribution is 2.64. The molecule has 3 fully saturated rings. The Hall–Kier alpha value is -0.920. The Kier molecular flexibility index (Phi) is 4.24. The molecule has 4 unspecified atom stereocenters. The summed E-state index contributed by atoms with van der Waals surface area (Å²) >= 11 is 0. The zero-order valence-corrected chi connectivity index (χ0v) is 16.4. The van der Waals surface area contributed by atoms with Gasteiger partial charge in [-0.1, -0.05) is 32.1 Å². The van der Waals surface area contributed by atoms with E-state index in [1.165, 1.54) is 6.42 Å². The number of hydrogen-bond donors (Lipinski definition) is 0. The van der Waals surface area contributed by atoms with Crippen LogP contribution in [0.5, 0.6) is 0 Å². The molecular formula is C22H30O2S. The topological polar surface area (TPSA) is 34.1 Å². The van der Waals surface area contributed by atoms with E-state index in [0.29, 0.717) is 23.5 Å². The van der Waals surface area contributed by atoms with Gasteiger partial charge in [-0.3, -0.25) is 9.00 Å². The molecule has 25 heavy (non-hydrogen) atoms. The van der Waals surface area contributed by atoms with Crippen molar-refractivity contribution in [2.75, 3.05) is 0 Å². The third kappa shape index (κ3) is 2.50. The van der Waals surface area contributed by atoms with Gasteiger partial charge < -0.3 is 0 Å². The van der Waals surface area contributed by atoms with Gasteiger partial charge in [0.2, 0.25) is 0 Å². The van der Waals surface area contributed by atoms with Crippen LogP contribution in [0.4, 0.5) is 0 Å². The number of hydrogen-bond acceptors (Lipinski definition) is 2. The fraction of sp³-hybridized carbons (Fsp3) is 0.727. The van der Waals surface area contributed by atoms with Crippen LogP contribution in [-0.4, -0.2) is 15.2 Å². The van der Waals surface area contributed by atoms with Gasteiger partial charge in [0.05, 0.1) is 10.8 Å². The van der Waals surface area contributed by atoms with Crippen LogP contribution in [0.2, 0.25) is 0 Å². The highest BCUT2D eigenvalue weighted by Gasteiger charge is 2.58. The van der Waals surface area contributed by atoms with Crippen molar-refractivity contribution >= 4 is 16.6 Å². The van der Waals surface area contributed by atoms with Crippen molar-refractivity contribution in [1.82, 2.24) is 0 Å². The molecule has 0 saturated heterocycles. The van der Waals surface area contributed by atoms with E-state index >= 15 is 0 Å². The van der Waals surface area contributed by atoms with Gasteiger partial charge in [-0.05, 0) is 68.1 Å². The number of ketones is 1. The molecule has 0 N–H and O–H groups in total. The number of carbonyl (C=O) groups is 1. The number of rotatable bonds is 2. The van der Waals surface area contributed by atoms with Crippen LogP contribution in [-0.2, 0) is 15.6 Å². The van der Waals surface area contributed by atoms with E-state index in [4.69, 9.17) is 0 Å². The summed E-state index contributed by atoms with van der Waals surface area (Å²) in [6, 6.07) is 0. The van der Waals surface area contributed by atoms with Crippen molar-refractivity contribution in [2.45, 2.75) is 70.5 Å². The maximum Gasteiger partial charge on any atom is 0.139 e. The van der Waals surface area contributed by atoms with Gasteiger partial charge in [0, 0.05) is 22.5 Å². The molecule has 136 valence electrons. The highest BCUT2D eigenvalue weighted by molar-refractivity contribution is 7.88. The normalized spacial score (nSPS) is 47.0. The lowest BCUT2D eigenvalue weighted by Crippen LogP contribution is -2.50. The second kappa shape index (κ2) is 6.06. The van der Waals surface area contributed by atoms with Gasteiger partial charge in [-0.15, -0.1) is 5.73 Å². The van der Waals surface area contributed by atoms with E-state index in [2.05, 4.69) is 32.2 Å². The maximum absolute atomic E-state index is 12.5. The standard InChI is InChI=1S/C22H30O2S/c1-4-13-25(24)16-9-11-21(2)15(14-16)5-6-17-18-7-8-20(23)22(18,3)12-10-19(17)21/h5,13,16-19H,1,6-12,14H2,2-3H3/t16-,17?,18?,19?,21-,22-,25?/m0/s1. The van der Waals surface area contributed by atoms with Crippen LogP contribution < -0.4 is 0 Å². The van der Waals surface area contributed by atoms with Gasteiger partial charge in [-0.25, -0.2) is 0 Å². The predicted octanol–water partition coefficient (Wildman–Crippen LogP) is 4.93. The van der Waals surface area contributed by atoms with Crippen LogP contribution in [0.25, 0.3) is 0 Å². The van der Waals surface area contributed by atoms with Crippen LogP contribution in [0.3, 0.4) is 0 Å². The maximum atomic E-state index is 12.5. The first kappa shape index (κ1) is 17.5. The predicted molar refractivity (Wildman–Crippen MR) is 102 cm³/mol. The summed E-state index contributed by atoms with van der Waals surface area (Å²) in [5, 5.41) is 1.86. The Morgan fingerprint density at radius 2 is 1.92 bits per heavy atom. The molecule has 0 bridgehead atoms. The van der Waals surface area contributed by atoms with Crippen molar-refractivity contribution in [3.63, 3.8) is 0 Å². The molecule has 4 rings (SSSR count). The Morgan fingerprint density at radius 1 is 1.20 bits per heavy atom. The van der Waals surface area contributed by atoms with Crippen molar-refractivity contribution < 1.29 is 9.00 Å². The zero-order chi connectivity index (χ0) is 17.8. The lowest BCUT2D eigenvalue weighted by Gasteiger charge is -2.57. The summed E-state index contributed by atoms with van der Waals surface area (Å²) in [6.45, 7) is 8.27. The molecule has 4 aliphatic rings. The lowest BCUT2D eigenvalue weighted by molar-refractivity contribution is -0.131. The fourth-order valence-corrected chi connectivity index (χ4v) is 7.83. The number of carbonyl (C=O) groups excluding carboxylic acids is 1. The number of allylic oxidation sites excluding steroid dienone is 2. The largest absolute Gasteiger partial charge is 0.299 e. The summed E-state index contributed by atoms with van der Waals surface area (Å²) in [6.07, 6.45) is 10.9. The average molecular weight is 359 g/mol. The molecule has 0 heterocycles. The molecule has 0 radical (unpaired) electrons. The molecule has 2 nitrogen and oxygen atoms in total. The number of Topliss-reactive ketones (excluding diaryl/α,β-unsaturated/α-hetero) is 1. The van der Waals surface area contributed by atoms with Gasteiger partial charge in [-0.2, -0.15) is 0 Å². The van der Waals surface area contributed by atoms with Crippen molar-refractivity contribution in [3.8, 4) is 0 Å². The minimum Gasteiger partial charge on any atom is -0.299 e. The smallest absolute Gasteiger partial charge is 0.139 e. The van der Waals surface area contributed by atoms with E-state index in [0.717, 1.165) is 44.9 Å². The first-order valence-electron chi connectivity index (χ1n) is 9.88. The third-order valence-corrected chi connectivity index (χ3v) is 9.75. The quantitative estimate of drug-likeness (QED) is 0.518. The Morgan fingerprint density at radius 3 is 2.68 bits per heavy atom. The Balaban J connectivity index is 1.61. The summed E-state index contributed by atoms with van der Waals surface area (Å²) in [5.41, 5.74) is 4.46. The first-order chi connectivity index (χ1) is 11.9. The highest BCUT2D eigenvalue weighted by atomic mass is 32.2. The van der Waals surface area contributed by atoms with E-state index in [9.17, 15) is 9.00 Å². The van der Waals surface area contributed by atoms with E-state index < -0.39 is 10.8 Å². The van der Waals surface area contributed by atoms with Gasteiger partial charge in [0.15, 0.2) is 0 Å². The molecule has 4 aliphatic carbocycles. The number of fused-ring (bicyclic) bond motifs is 5. The fourth-order valence-electron chi connectivity index (χ4n) is 6.78. The van der Waals surface area contributed by atoms with Crippen molar-refractivity contribution in [1.29, 1.82) is 0 Å². The lowest BCUT2D eigenvalue weighted by atomic mass is 9.48. The van der Waals surface area contributed by atoms with E-state index in [1.54, 1.807) is 11.0 Å². The van der Waals surface area contributed by atoms with Crippen LogP contribution in [0.1, 0.15) is 65.2 Å². The molecule has 0 aromatic rings. The Labute approximate surface area is 154 Å². The molecular weight excluding hydrogens is 328 g/mol. The summed E-state index contributed by atoms with van der Waals surface area (Å²) in [4.78, 5) is 12.5. The molecule has 0 aromatic heterocycles. The van der Waals surface area contributed by atoms with Gasteiger partial charge in [0.25, 0.3) is 0 Å². The monoisotopic (exact) mass is 358 g/mol. The van der Waals surface area contributed by atoms with Crippen LogP contribution in [0, 0.1) is 28.6 Å².